The molecule has 1 aromatic heterocycles. The Morgan fingerprint density at radius 1 is 1.27 bits per heavy atom. The van der Waals surface area contributed by atoms with Crippen LogP contribution in [0.3, 0.4) is 0 Å². The first-order valence-corrected chi connectivity index (χ1v) is 9.43. The van der Waals surface area contributed by atoms with E-state index in [2.05, 4.69) is 15.3 Å². The van der Waals surface area contributed by atoms with Crippen LogP contribution < -0.4 is 14.8 Å². The summed E-state index contributed by atoms with van der Waals surface area (Å²) in [6, 6.07) is 9.33. The number of aromatic nitrogens is 2. The van der Waals surface area contributed by atoms with E-state index in [0.29, 0.717) is 40.6 Å². The number of imidazole rings is 1. The number of amides is 1. The minimum Gasteiger partial charge on any atom is -0.486 e. The summed E-state index contributed by atoms with van der Waals surface area (Å²) < 4.78 is 11.0. The molecule has 0 bridgehead atoms. The number of carbonyl (C=O) groups is 1. The van der Waals surface area contributed by atoms with Gasteiger partial charge >= 0.3 is 0 Å². The molecule has 6 nitrogen and oxygen atoms in total. The zero-order valence-electron chi connectivity index (χ0n) is 14.0. The third-order valence-corrected chi connectivity index (χ3v) is 5.05. The molecule has 0 spiro atoms. The second-order valence-electron chi connectivity index (χ2n) is 5.88. The van der Waals surface area contributed by atoms with Gasteiger partial charge < -0.3 is 19.8 Å². The van der Waals surface area contributed by atoms with Crippen LogP contribution >= 0.6 is 23.4 Å². The maximum absolute atomic E-state index is 12.3. The summed E-state index contributed by atoms with van der Waals surface area (Å²) in [5.41, 5.74) is 3.50. The molecular formula is C18H16ClN3O3S. The van der Waals surface area contributed by atoms with Crippen LogP contribution in [0.15, 0.2) is 35.5 Å². The highest BCUT2D eigenvalue weighted by Crippen LogP contribution is 2.38. The van der Waals surface area contributed by atoms with E-state index in [4.69, 9.17) is 21.1 Å². The molecule has 0 radical (unpaired) electrons. The number of ether oxygens (including phenoxy) is 2. The average Bonchev–Trinajstić information content (AvgIpc) is 3.02. The molecule has 2 N–H and O–H groups in total. The molecule has 26 heavy (non-hydrogen) atoms. The Labute approximate surface area is 159 Å². The van der Waals surface area contributed by atoms with E-state index in [0.717, 1.165) is 16.6 Å². The van der Waals surface area contributed by atoms with Crippen LogP contribution in [0.5, 0.6) is 11.5 Å². The van der Waals surface area contributed by atoms with E-state index < -0.39 is 0 Å². The summed E-state index contributed by atoms with van der Waals surface area (Å²) in [4.78, 5) is 20.0. The Morgan fingerprint density at radius 2 is 2.04 bits per heavy atom. The highest BCUT2D eigenvalue weighted by atomic mass is 35.5. The zero-order valence-corrected chi connectivity index (χ0v) is 15.5. The zero-order chi connectivity index (χ0) is 18.1. The average molecular weight is 390 g/mol. The quantitative estimate of drug-likeness (QED) is 0.659. The second kappa shape index (κ2) is 7.09. The molecular weight excluding hydrogens is 374 g/mol. The highest BCUT2D eigenvalue weighted by Gasteiger charge is 2.16. The SMILES string of the molecule is Cc1ccc2nc(SCC(=O)Nc3cc4c(cc3Cl)OCCO4)[nH]c2c1. The van der Waals surface area contributed by atoms with Crippen molar-refractivity contribution in [1.82, 2.24) is 9.97 Å². The van der Waals surface area contributed by atoms with Gasteiger partial charge in [0.15, 0.2) is 16.7 Å². The van der Waals surface area contributed by atoms with Crippen LogP contribution in [0.2, 0.25) is 5.02 Å². The maximum Gasteiger partial charge on any atom is 0.234 e. The van der Waals surface area contributed by atoms with Crippen molar-refractivity contribution in [2.24, 2.45) is 0 Å². The van der Waals surface area contributed by atoms with Gasteiger partial charge in [0.1, 0.15) is 13.2 Å². The summed E-state index contributed by atoms with van der Waals surface area (Å²) in [5.74, 6) is 1.21. The van der Waals surface area contributed by atoms with Gasteiger partial charge in [-0.1, -0.05) is 29.4 Å². The molecule has 2 aromatic carbocycles. The monoisotopic (exact) mass is 389 g/mol. The van der Waals surface area contributed by atoms with Crippen molar-refractivity contribution in [2.45, 2.75) is 12.1 Å². The van der Waals surface area contributed by atoms with Crippen molar-refractivity contribution >= 4 is 46.0 Å². The fraction of sp³-hybridized carbons (Fsp3) is 0.222. The lowest BCUT2D eigenvalue weighted by molar-refractivity contribution is -0.113. The van der Waals surface area contributed by atoms with Gasteiger partial charge in [0.25, 0.3) is 0 Å². The number of aromatic amines is 1. The Balaban J connectivity index is 1.42. The summed E-state index contributed by atoms with van der Waals surface area (Å²) in [6.45, 7) is 2.99. The summed E-state index contributed by atoms with van der Waals surface area (Å²) in [7, 11) is 0. The van der Waals surface area contributed by atoms with E-state index >= 15 is 0 Å². The van der Waals surface area contributed by atoms with Gasteiger partial charge in [0.05, 0.1) is 27.5 Å². The number of benzene rings is 2. The van der Waals surface area contributed by atoms with E-state index in [1.165, 1.54) is 11.8 Å². The van der Waals surface area contributed by atoms with Crippen LogP contribution in [-0.4, -0.2) is 34.8 Å². The number of anilines is 1. The van der Waals surface area contributed by atoms with Crippen molar-refractivity contribution < 1.29 is 14.3 Å². The Bertz CT molecular complexity index is 989. The molecule has 3 aromatic rings. The fourth-order valence-corrected chi connectivity index (χ4v) is 3.53. The Kier molecular flexibility index (Phi) is 4.65. The summed E-state index contributed by atoms with van der Waals surface area (Å²) >= 11 is 7.55. The third-order valence-electron chi connectivity index (χ3n) is 3.86. The van der Waals surface area contributed by atoms with Crippen LogP contribution in [0, 0.1) is 6.92 Å². The molecule has 8 heteroatoms. The van der Waals surface area contributed by atoms with Crippen LogP contribution in [0.25, 0.3) is 11.0 Å². The van der Waals surface area contributed by atoms with Crippen molar-refractivity contribution in [3.8, 4) is 11.5 Å². The maximum atomic E-state index is 12.3. The largest absolute Gasteiger partial charge is 0.486 e. The van der Waals surface area contributed by atoms with Crippen molar-refractivity contribution in [1.29, 1.82) is 0 Å². The van der Waals surface area contributed by atoms with E-state index in [1.807, 2.05) is 25.1 Å². The van der Waals surface area contributed by atoms with Crippen molar-refractivity contribution in [3.05, 3.63) is 40.9 Å². The predicted octanol–water partition coefficient (Wildman–Crippen LogP) is 4.03. The van der Waals surface area contributed by atoms with Crippen LogP contribution in [-0.2, 0) is 4.79 Å². The van der Waals surface area contributed by atoms with Gasteiger partial charge in [-0.15, -0.1) is 0 Å². The number of nitrogens with one attached hydrogen (secondary N) is 2. The number of rotatable bonds is 4. The molecule has 0 aliphatic carbocycles. The second-order valence-corrected chi connectivity index (χ2v) is 7.25. The van der Waals surface area contributed by atoms with Crippen LogP contribution in [0.1, 0.15) is 5.56 Å². The number of carbonyl (C=O) groups excluding carboxylic acids is 1. The van der Waals surface area contributed by atoms with E-state index in [1.54, 1.807) is 12.1 Å². The molecule has 4 rings (SSSR count). The Hall–Kier alpha value is -2.38. The molecule has 0 saturated carbocycles. The molecule has 0 unspecified atom stereocenters. The van der Waals surface area contributed by atoms with E-state index in [9.17, 15) is 4.79 Å². The lowest BCUT2D eigenvalue weighted by Gasteiger charge is -2.19. The van der Waals surface area contributed by atoms with Gasteiger partial charge in [-0.05, 0) is 24.6 Å². The standard InChI is InChI=1S/C18H16ClN3O3S/c1-10-2-3-12-14(6-10)22-18(21-12)26-9-17(23)20-13-8-16-15(7-11(13)19)24-4-5-25-16/h2-3,6-8H,4-5,9H2,1H3,(H,20,23)(H,21,22). The summed E-state index contributed by atoms with van der Waals surface area (Å²) in [6.07, 6.45) is 0. The normalized spacial score (nSPS) is 13.0. The number of halogens is 1. The Morgan fingerprint density at radius 3 is 2.85 bits per heavy atom. The fourth-order valence-electron chi connectivity index (χ4n) is 2.65. The van der Waals surface area contributed by atoms with Gasteiger partial charge in [0.2, 0.25) is 5.91 Å². The number of hydrogen-bond donors (Lipinski definition) is 2. The minimum atomic E-state index is -0.176. The van der Waals surface area contributed by atoms with Crippen molar-refractivity contribution in [2.75, 3.05) is 24.3 Å². The van der Waals surface area contributed by atoms with Crippen LogP contribution in [0.4, 0.5) is 5.69 Å². The number of thioether (sulfide) groups is 1. The number of aryl methyl sites for hydroxylation is 1. The van der Waals surface area contributed by atoms with Gasteiger partial charge in [0, 0.05) is 12.1 Å². The molecule has 1 aliphatic heterocycles. The van der Waals surface area contributed by atoms with Gasteiger partial charge in [-0.3, -0.25) is 4.79 Å². The third kappa shape index (κ3) is 3.59. The lowest BCUT2D eigenvalue weighted by atomic mass is 10.2. The smallest absolute Gasteiger partial charge is 0.234 e. The molecule has 0 saturated heterocycles. The predicted molar refractivity (Wildman–Crippen MR) is 103 cm³/mol. The van der Waals surface area contributed by atoms with Gasteiger partial charge in [-0.2, -0.15) is 0 Å². The molecule has 2 heterocycles. The molecule has 1 aliphatic rings. The topological polar surface area (TPSA) is 76.2 Å². The number of hydrogen-bond acceptors (Lipinski definition) is 5. The molecule has 0 atom stereocenters. The van der Waals surface area contributed by atoms with Crippen molar-refractivity contribution in [3.63, 3.8) is 0 Å². The molecule has 0 fully saturated rings. The molecule has 134 valence electrons. The summed E-state index contributed by atoms with van der Waals surface area (Å²) in [5, 5.41) is 3.92. The first kappa shape index (κ1) is 17.1. The first-order valence-electron chi connectivity index (χ1n) is 8.07. The number of H-pyrrole nitrogens is 1. The lowest BCUT2D eigenvalue weighted by Crippen LogP contribution is -2.17. The highest BCUT2D eigenvalue weighted by molar-refractivity contribution is 7.99. The minimum absolute atomic E-state index is 0.176. The van der Waals surface area contributed by atoms with E-state index in [-0.39, 0.29) is 11.7 Å². The number of fused-ring (bicyclic) bond motifs is 2. The first-order chi connectivity index (χ1) is 12.6. The molecule has 1 amide bonds. The number of nitrogens with zero attached hydrogens (tertiary/aromatic N) is 1. The van der Waals surface area contributed by atoms with Gasteiger partial charge in [-0.25, -0.2) is 4.98 Å².